The lowest BCUT2D eigenvalue weighted by atomic mass is 10.1. The molecule has 1 aromatic heterocycles. The molecule has 2 aromatic rings. The van der Waals surface area contributed by atoms with E-state index < -0.39 is 18.0 Å². The second-order valence-electron chi connectivity index (χ2n) is 7.50. The zero-order valence-electron chi connectivity index (χ0n) is 17.7. The molecule has 1 atom stereocenters. The molecule has 168 valence electrons. The lowest BCUT2D eigenvalue weighted by Gasteiger charge is -2.23. The zero-order chi connectivity index (χ0) is 22.5. The van der Waals surface area contributed by atoms with Crippen LogP contribution in [0.5, 0.6) is 0 Å². The first kappa shape index (κ1) is 21.7. The minimum absolute atomic E-state index is 0.207. The molecule has 0 unspecified atom stereocenters. The number of aromatic nitrogens is 1. The number of cyclic esters (lactones) is 1. The van der Waals surface area contributed by atoms with E-state index in [2.05, 4.69) is 15.4 Å². The van der Waals surface area contributed by atoms with Crippen LogP contribution in [0, 0.1) is 5.82 Å². The monoisotopic (exact) mass is 441 g/mol. The molecule has 0 radical (unpaired) electrons. The summed E-state index contributed by atoms with van der Waals surface area (Å²) in [6.07, 6.45) is 2.21. The summed E-state index contributed by atoms with van der Waals surface area (Å²) in [5, 5.41) is 8.92. The summed E-state index contributed by atoms with van der Waals surface area (Å²) in [5.41, 5.74) is 2.05. The number of nitrogens with one attached hydrogen (secondary N) is 1. The maximum absolute atomic E-state index is 14.9. The lowest BCUT2D eigenvalue weighted by molar-refractivity contribution is -0.119. The number of hydrogen-bond donors (Lipinski definition) is 1. The second kappa shape index (κ2) is 9.73. The molecule has 0 spiro atoms. The van der Waals surface area contributed by atoms with Gasteiger partial charge in [-0.15, -0.1) is 0 Å². The number of anilines is 1. The van der Waals surface area contributed by atoms with Gasteiger partial charge in [0.15, 0.2) is 0 Å². The highest BCUT2D eigenvalue weighted by Gasteiger charge is 2.32. The van der Waals surface area contributed by atoms with Crippen molar-refractivity contribution in [1.29, 1.82) is 0 Å². The predicted molar refractivity (Wildman–Crippen MR) is 116 cm³/mol. The van der Waals surface area contributed by atoms with E-state index in [1.807, 2.05) is 5.01 Å². The third-order valence-corrected chi connectivity index (χ3v) is 5.16. The first-order valence-electron chi connectivity index (χ1n) is 10.3. The van der Waals surface area contributed by atoms with Crippen LogP contribution in [0.3, 0.4) is 0 Å². The molecule has 2 saturated heterocycles. The van der Waals surface area contributed by atoms with Crippen LogP contribution < -0.4 is 10.2 Å². The van der Waals surface area contributed by atoms with E-state index in [1.54, 1.807) is 36.7 Å². The number of amides is 2. The molecule has 2 aliphatic heterocycles. The molecule has 3 heterocycles. The summed E-state index contributed by atoms with van der Waals surface area (Å²) in [6.45, 7) is 4.63. The molecule has 0 saturated carbocycles. The van der Waals surface area contributed by atoms with Gasteiger partial charge in [0, 0.05) is 24.2 Å². The van der Waals surface area contributed by atoms with Gasteiger partial charge in [-0.05, 0) is 24.3 Å². The number of halogens is 1. The van der Waals surface area contributed by atoms with Gasteiger partial charge in [0.2, 0.25) is 5.91 Å². The van der Waals surface area contributed by atoms with Crippen molar-refractivity contribution in [3.63, 3.8) is 0 Å². The Kier molecular flexibility index (Phi) is 6.60. The summed E-state index contributed by atoms with van der Waals surface area (Å²) in [4.78, 5) is 28.9. The van der Waals surface area contributed by atoms with Crippen LogP contribution >= 0.6 is 0 Å². The van der Waals surface area contributed by atoms with E-state index in [0.29, 0.717) is 35.7 Å². The molecule has 32 heavy (non-hydrogen) atoms. The first-order valence-corrected chi connectivity index (χ1v) is 10.3. The normalized spacial score (nSPS) is 18.8. The first-order chi connectivity index (χ1) is 15.5. The van der Waals surface area contributed by atoms with Gasteiger partial charge >= 0.3 is 6.09 Å². The molecular formula is C22H24FN5O4. The third kappa shape index (κ3) is 5.20. The van der Waals surface area contributed by atoms with E-state index in [1.165, 1.54) is 17.9 Å². The molecular weight excluding hydrogens is 417 g/mol. The molecule has 2 fully saturated rings. The largest absolute Gasteiger partial charge is 0.442 e. The van der Waals surface area contributed by atoms with Crippen molar-refractivity contribution < 1.29 is 23.5 Å². The second-order valence-corrected chi connectivity index (χ2v) is 7.50. The van der Waals surface area contributed by atoms with Crippen LogP contribution in [-0.2, 0) is 14.3 Å². The number of benzene rings is 1. The molecule has 0 bridgehead atoms. The highest BCUT2D eigenvalue weighted by atomic mass is 19.1. The van der Waals surface area contributed by atoms with Gasteiger partial charge in [-0.25, -0.2) is 9.18 Å². The molecule has 0 aliphatic carbocycles. The van der Waals surface area contributed by atoms with Crippen molar-refractivity contribution in [1.82, 2.24) is 15.3 Å². The van der Waals surface area contributed by atoms with E-state index >= 15 is 0 Å². The number of nitrogens with zero attached hydrogens (tertiary/aromatic N) is 4. The fourth-order valence-electron chi connectivity index (χ4n) is 3.45. The number of ether oxygens (including phenoxy) is 2. The topological polar surface area (TPSA) is 96.4 Å². The molecule has 2 amide bonds. The Bertz CT molecular complexity index is 1010. The number of rotatable bonds is 6. The number of carbonyl (C=O) groups is 2. The van der Waals surface area contributed by atoms with Crippen molar-refractivity contribution in [3.05, 3.63) is 48.0 Å². The van der Waals surface area contributed by atoms with Crippen LogP contribution in [0.25, 0.3) is 11.1 Å². The Morgan fingerprint density at radius 1 is 1.31 bits per heavy atom. The maximum atomic E-state index is 14.9. The SMILES string of the molecule is CC(=O)NC[C@H]1CN(c2ccc(-c3ccc(/C=N/N4CCOCC4)nc3)c(F)c2)C(=O)O1. The van der Waals surface area contributed by atoms with Gasteiger partial charge in [0.25, 0.3) is 0 Å². The minimum atomic E-state index is -0.571. The molecule has 9 nitrogen and oxygen atoms in total. The van der Waals surface area contributed by atoms with E-state index in [9.17, 15) is 14.0 Å². The molecule has 1 aromatic carbocycles. The summed E-state index contributed by atoms with van der Waals surface area (Å²) in [6, 6.07) is 8.12. The van der Waals surface area contributed by atoms with E-state index in [-0.39, 0.29) is 19.0 Å². The Hall–Kier alpha value is -3.53. The van der Waals surface area contributed by atoms with Crippen LogP contribution in [0.4, 0.5) is 14.9 Å². The van der Waals surface area contributed by atoms with Crippen molar-refractivity contribution >= 4 is 23.9 Å². The standard InChI is InChI=1S/C22H24FN5O4/c1-15(29)24-13-19-14-28(22(30)32-19)18-4-5-20(21(23)10-18)16-2-3-17(25-11-16)12-26-27-6-8-31-9-7-27/h2-5,10-12,19H,6-9,13-14H2,1H3,(H,24,29)/b26-12+/t19-/m0/s1. The van der Waals surface area contributed by atoms with Crippen molar-refractivity contribution in [2.45, 2.75) is 13.0 Å². The van der Waals surface area contributed by atoms with Crippen molar-refractivity contribution in [2.75, 3.05) is 44.3 Å². The Morgan fingerprint density at radius 3 is 2.81 bits per heavy atom. The van der Waals surface area contributed by atoms with Crippen molar-refractivity contribution in [3.8, 4) is 11.1 Å². The quantitative estimate of drug-likeness (QED) is 0.689. The summed E-state index contributed by atoms with van der Waals surface area (Å²) >= 11 is 0. The molecule has 1 N–H and O–H groups in total. The van der Waals surface area contributed by atoms with Crippen LogP contribution in [0.15, 0.2) is 41.6 Å². The van der Waals surface area contributed by atoms with E-state index in [0.717, 1.165) is 13.1 Å². The third-order valence-electron chi connectivity index (χ3n) is 5.16. The number of hydrogen-bond acceptors (Lipinski definition) is 7. The minimum Gasteiger partial charge on any atom is -0.442 e. The van der Waals surface area contributed by atoms with Gasteiger partial charge in [-0.1, -0.05) is 6.07 Å². The fourth-order valence-corrected chi connectivity index (χ4v) is 3.45. The predicted octanol–water partition coefficient (Wildman–Crippen LogP) is 2.02. The smallest absolute Gasteiger partial charge is 0.414 e. The zero-order valence-corrected chi connectivity index (χ0v) is 17.7. The molecule has 4 rings (SSSR count). The van der Waals surface area contributed by atoms with Gasteiger partial charge in [0.05, 0.1) is 57.0 Å². The maximum Gasteiger partial charge on any atom is 0.414 e. The molecule has 2 aliphatic rings. The number of hydrazone groups is 1. The summed E-state index contributed by atoms with van der Waals surface area (Å²) < 4.78 is 25.4. The highest BCUT2D eigenvalue weighted by Crippen LogP contribution is 2.28. The average molecular weight is 441 g/mol. The Morgan fingerprint density at radius 2 is 2.12 bits per heavy atom. The number of carbonyl (C=O) groups excluding carboxylic acids is 2. The van der Waals surface area contributed by atoms with E-state index in [4.69, 9.17) is 9.47 Å². The summed E-state index contributed by atoms with van der Waals surface area (Å²) in [5.74, 6) is -0.681. The Labute approximate surface area is 184 Å². The number of pyridine rings is 1. The fraction of sp³-hybridized carbons (Fsp3) is 0.364. The molecule has 10 heteroatoms. The number of morpholine rings is 1. The summed E-state index contributed by atoms with van der Waals surface area (Å²) in [7, 11) is 0. The van der Waals surface area contributed by atoms with Gasteiger partial charge < -0.3 is 14.8 Å². The Balaban J connectivity index is 1.42. The van der Waals surface area contributed by atoms with Crippen LogP contribution in [0.1, 0.15) is 12.6 Å². The van der Waals surface area contributed by atoms with Crippen molar-refractivity contribution in [2.24, 2.45) is 5.10 Å². The van der Waals surface area contributed by atoms with Crippen LogP contribution in [0.2, 0.25) is 0 Å². The van der Waals surface area contributed by atoms with Gasteiger partial charge in [0.1, 0.15) is 11.9 Å². The van der Waals surface area contributed by atoms with Crippen LogP contribution in [-0.4, -0.2) is 73.7 Å². The van der Waals surface area contributed by atoms with Gasteiger partial charge in [-0.2, -0.15) is 5.10 Å². The average Bonchev–Trinajstić information content (AvgIpc) is 3.18. The van der Waals surface area contributed by atoms with Gasteiger partial charge in [-0.3, -0.25) is 19.7 Å². The highest BCUT2D eigenvalue weighted by molar-refractivity contribution is 5.90. The lowest BCUT2D eigenvalue weighted by Crippen LogP contribution is -2.33.